The zero-order valence-corrected chi connectivity index (χ0v) is 9.91. The van der Waals surface area contributed by atoms with E-state index in [1.165, 1.54) is 19.2 Å². The van der Waals surface area contributed by atoms with Crippen LogP contribution in [0.5, 0.6) is 0 Å². The highest BCUT2D eigenvalue weighted by Gasteiger charge is 2.09. The van der Waals surface area contributed by atoms with Crippen LogP contribution in [0.3, 0.4) is 0 Å². The van der Waals surface area contributed by atoms with E-state index in [4.69, 9.17) is 9.57 Å². The molecular weight excluding hydrogens is 224 g/mol. The van der Waals surface area contributed by atoms with Crippen LogP contribution in [0.2, 0.25) is 0 Å². The Morgan fingerprint density at radius 3 is 2.35 bits per heavy atom. The van der Waals surface area contributed by atoms with Gasteiger partial charge in [0.05, 0.1) is 12.0 Å². The summed E-state index contributed by atoms with van der Waals surface area (Å²) < 4.78 is 5.04. The van der Waals surface area contributed by atoms with Gasteiger partial charge in [0, 0.05) is 17.7 Å². The summed E-state index contributed by atoms with van der Waals surface area (Å²) in [5.74, 6) is 0.286. The summed E-state index contributed by atoms with van der Waals surface area (Å²) in [6.45, 7) is 3.68. The third-order valence-corrected chi connectivity index (χ3v) is 1.86. The highest BCUT2D eigenvalue weighted by Crippen LogP contribution is 2.13. The van der Waals surface area contributed by atoms with E-state index in [1.807, 2.05) is 13.8 Å². The summed E-state index contributed by atoms with van der Waals surface area (Å²) in [5.41, 5.74) is 0.646. The molecule has 0 N–H and O–H groups in total. The summed E-state index contributed by atoms with van der Waals surface area (Å²) in [7, 11) is 1.46. The lowest BCUT2D eigenvalue weighted by Gasteiger charge is -2.06. The van der Waals surface area contributed by atoms with Crippen LogP contribution in [-0.4, -0.2) is 24.0 Å². The molecule has 0 amide bonds. The van der Waals surface area contributed by atoms with E-state index in [2.05, 4.69) is 5.16 Å². The van der Waals surface area contributed by atoms with Crippen LogP contribution >= 0.6 is 0 Å². The zero-order valence-electron chi connectivity index (χ0n) is 9.91. The molecule has 0 fully saturated rings. The van der Waals surface area contributed by atoms with Gasteiger partial charge in [-0.25, -0.2) is 0 Å². The van der Waals surface area contributed by atoms with Crippen LogP contribution in [-0.2, 0) is 9.57 Å². The molecule has 1 rings (SSSR count). The number of ether oxygens (including phenoxy) is 1. The van der Waals surface area contributed by atoms with Gasteiger partial charge in [0.2, 0.25) is 0 Å². The smallest absolute Gasteiger partial charge is 0.269 e. The molecule has 0 unspecified atom stereocenters. The Kier molecular flexibility index (Phi) is 4.45. The predicted molar refractivity (Wildman–Crippen MR) is 62.9 cm³/mol. The van der Waals surface area contributed by atoms with E-state index in [9.17, 15) is 10.1 Å². The molecule has 0 saturated heterocycles. The lowest BCUT2D eigenvalue weighted by molar-refractivity contribution is -0.384. The highest BCUT2D eigenvalue weighted by molar-refractivity contribution is 5.93. The van der Waals surface area contributed by atoms with E-state index >= 15 is 0 Å². The minimum absolute atomic E-state index is 0.0222. The average molecular weight is 238 g/mol. The molecule has 6 heteroatoms. The Morgan fingerprint density at radius 2 is 1.94 bits per heavy atom. The van der Waals surface area contributed by atoms with E-state index < -0.39 is 4.92 Å². The fraction of sp³-hybridized carbons (Fsp3) is 0.364. The van der Waals surface area contributed by atoms with Gasteiger partial charge < -0.3 is 9.57 Å². The predicted octanol–water partition coefficient (Wildman–Crippen LogP) is 2.33. The van der Waals surface area contributed by atoms with Crippen molar-refractivity contribution in [1.29, 1.82) is 0 Å². The van der Waals surface area contributed by atoms with Crippen molar-refractivity contribution < 1.29 is 14.5 Å². The molecule has 1 aromatic carbocycles. The first-order valence-electron chi connectivity index (χ1n) is 5.07. The van der Waals surface area contributed by atoms with Gasteiger partial charge in [0.1, 0.15) is 6.10 Å². The van der Waals surface area contributed by atoms with Crippen LogP contribution < -0.4 is 0 Å². The maximum atomic E-state index is 10.5. The summed E-state index contributed by atoms with van der Waals surface area (Å²) >= 11 is 0. The summed E-state index contributed by atoms with van der Waals surface area (Å²) in [6.07, 6.45) is -0.0572. The molecule has 17 heavy (non-hydrogen) atoms. The maximum absolute atomic E-state index is 10.5. The van der Waals surface area contributed by atoms with E-state index in [0.29, 0.717) is 5.56 Å². The number of nitrogens with zero attached hydrogens (tertiary/aromatic N) is 2. The molecule has 0 heterocycles. The minimum atomic E-state index is -0.460. The molecule has 6 nitrogen and oxygen atoms in total. The van der Waals surface area contributed by atoms with Crippen molar-refractivity contribution in [3.8, 4) is 0 Å². The van der Waals surface area contributed by atoms with Gasteiger partial charge in [-0.05, 0) is 31.1 Å². The van der Waals surface area contributed by atoms with Gasteiger partial charge in [-0.15, -0.1) is 0 Å². The van der Waals surface area contributed by atoms with Gasteiger partial charge in [0.25, 0.3) is 11.6 Å². The highest BCUT2D eigenvalue weighted by atomic mass is 16.7. The lowest BCUT2D eigenvalue weighted by Crippen LogP contribution is -2.07. The molecule has 0 radical (unpaired) electrons. The molecular formula is C11H14N2O4. The molecule has 0 aliphatic rings. The summed E-state index contributed by atoms with van der Waals surface area (Å²) in [6, 6.07) is 5.90. The Bertz CT molecular complexity index is 412. The largest absolute Gasteiger partial charge is 0.479 e. The van der Waals surface area contributed by atoms with Crippen molar-refractivity contribution >= 4 is 11.6 Å². The lowest BCUT2D eigenvalue weighted by atomic mass is 10.2. The Balaban J connectivity index is 2.89. The molecule has 0 atom stereocenters. The van der Waals surface area contributed by atoms with Crippen LogP contribution in [0.4, 0.5) is 5.69 Å². The van der Waals surface area contributed by atoms with Crippen molar-refractivity contribution in [2.24, 2.45) is 5.16 Å². The van der Waals surface area contributed by atoms with Gasteiger partial charge >= 0.3 is 0 Å². The summed E-state index contributed by atoms with van der Waals surface area (Å²) in [5, 5.41) is 14.3. The van der Waals surface area contributed by atoms with Crippen molar-refractivity contribution in [3.63, 3.8) is 0 Å². The first-order chi connectivity index (χ1) is 8.04. The zero-order chi connectivity index (χ0) is 12.8. The van der Waals surface area contributed by atoms with Gasteiger partial charge in [0.15, 0.2) is 0 Å². The molecule has 0 spiro atoms. The third kappa shape index (κ3) is 3.75. The first kappa shape index (κ1) is 13.0. The standard InChI is InChI=1S/C11H14N2O4/c1-8(2)17-12-11(16-3)9-4-6-10(7-5-9)13(14)15/h4-8H,1-3H3. The fourth-order valence-corrected chi connectivity index (χ4v) is 1.09. The van der Waals surface area contributed by atoms with Gasteiger partial charge in [-0.3, -0.25) is 10.1 Å². The van der Waals surface area contributed by atoms with Gasteiger partial charge in [-0.2, -0.15) is 0 Å². The number of hydrogen-bond acceptors (Lipinski definition) is 5. The molecule has 0 aromatic heterocycles. The van der Waals surface area contributed by atoms with Crippen LogP contribution in [0.15, 0.2) is 29.4 Å². The van der Waals surface area contributed by atoms with Crippen molar-refractivity contribution in [2.45, 2.75) is 20.0 Å². The third-order valence-electron chi connectivity index (χ3n) is 1.86. The molecule has 0 bridgehead atoms. The SMILES string of the molecule is COC(=NOC(C)C)c1ccc([N+](=O)[O-])cc1. The van der Waals surface area contributed by atoms with E-state index in [0.717, 1.165) is 0 Å². The van der Waals surface area contributed by atoms with Crippen LogP contribution in [0.1, 0.15) is 19.4 Å². The maximum Gasteiger partial charge on any atom is 0.269 e. The monoisotopic (exact) mass is 238 g/mol. The number of oxime groups is 1. The minimum Gasteiger partial charge on any atom is -0.479 e. The van der Waals surface area contributed by atoms with E-state index in [-0.39, 0.29) is 17.7 Å². The number of nitro groups is 1. The Labute approximate surface area is 99.0 Å². The Morgan fingerprint density at radius 1 is 1.35 bits per heavy atom. The normalized spacial score (nSPS) is 11.4. The number of non-ortho nitro benzene ring substituents is 1. The molecule has 1 aromatic rings. The van der Waals surface area contributed by atoms with Crippen molar-refractivity contribution in [2.75, 3.05) is 7.11 Å². The average Bonchev–Trinajstić information content (AvgIpc) is 2.30. The number of benzene rings is 1. The Hall–Kier alpha value is -2.11. The first-order valence-corrected chi connectivity index (χ1v) is 5.07. The molecule has 0 saturated carbocycles. The van der Waals surface area contributed by atoms with Crippen molar-refractivity contribution in [3.05, 3.63) is 39.9 Å². The second-order valence-corrected chi connectivity index (χ2v) is 3.56. The fourth-order valence-electron chi connectivity index (χ4n) is 1.09. The molecule has 0 aliphatic heterocycles. The van der Waals surface area contributed by atoms with Crippen LogP contribution in [0.25, 0.3) is 0 Å². The number of rotatable bonds is 4. The number of methoxy groups -OCH3 is 1. The van der Waals surface area contributed by atoms with Crippen LogP contribution in [0, 0.1) is 10.1 Å². The number of nitro benzene ring substituents is 1. The van der Waals surface area contributed by atoms with E-state index in [1.54, 1.807) is 12.1 Å². The summed E-state index contributed by atoms with van der Waals surface area (Å²) in [4.78, 5) is 15.1. The topological polar surface area (TPSA) is 74.0 Å². The second kappa shape index (κ2) is 5.83. The van der Waals surface area contributed by atoms with Crippen molar-refractivity contribution in [1.82, 2.24) is 0 Å². The molecule has 0 aliphatic carbocycles. The molecule has 92 valence electrons. The second-order valence-electron chi connectivity index (χ2n) is 3.56. The quantitative estimate of drug-likeness (QED) is 0.349. The number of hydrogen-bond donors (Lipinski definition) is 0. The van der Waals surface area contributed by atoms with Gasteiger partial charge in [-0.1, -0.05) is 0 Å².